The third-order valence-electron chi connectivity index (χ3n) is 4.27. The lowest BCUT2D eigenvalue weighted by Crippen LogP contribution is -2.28. The molecule has 0 radical (unpaired) electrons. The minimum Gasteiger partial charge on any atom is -0.463 e. The molecule has 3 nitrogen and oxygen atoms in total. The molecule has 2 heterocycles. The lowest BCUT2D eigenvalue weighted by molar-refractivity contribution is -0.112. The van der Waals surface area contributed by atoms with E-state index >= 15 is 0 Å². The second kappa shape index (κ2) is 4.04. The summed E-state index contributed by atoms with van der Waals surface area (Å²) in [7, 11) is 0. The molecular weight excluding hydrogens is 274 g/mol. The van der Waals surface area contributed by atoms with Crippen molar-refractivity contribution in [3.05, 3.63) is 53.1 Å². The van der Waals surface area contributed by atoms with Gasteiger partial charge in [0.15, 0.2) is 11.4 Å². The third kappa shape index (κ3) is 1.56. The lowest BCUT2D eigenvalue weighted by Gasteiger charge is -2.06. The van der Waals surface area contributed by atoms with Gasteiger partial charge in [-0.15, -0.1) is 0 Å². The first-order chi connectivity index (χ1) is 10.8. The summed E-state index contributed by atoms with van der Waals surface area (Å²) in [6.45, 7) is 0. The van der Waals surface area contributed by atoms with Gasteiger partial charge in [-0.1, -0.05) is 12.1 Å². The molecule has 0 spiro atoms. The molecule has 4 aromatic rings. The maximum Gasteiger partial charge on any atom is 0.160 e. The minimum absolute atomic E-state index is 0.159. The van der Waals surface area contributed by atoms with E-state index in [0.717, 1.165) is 43.2 Å². The van der Waals surface area contributed by atoms with Crippen molar-refractivity contribution in [1.82, 2.24) is 4.98 Å². The summed E-state index contributed by atoms with van der Waals surface area (Å²) in [5.74, 6) is 0.159. The number of carbonyl (C=O) groups excluding carboxylic acids is 1. The summed E-state index contributed by atoms with van der Waals surface area (Å²) in [4.78, 5) is 16.2. The number of pyridine rings is 1. The average molecular weight is 285 g/mol. The molecular formula is C19H11NO2. The van der Waals surface area contributed by atoms with Gasteiger partial charge in [0.2, 0.25) is 0 Å². The van der Waals surface area contributed by atoms with Crippen molar-refractivity contribution in [1.29, 1.82) is 0 Å². The molecule has 104 valence electrons. The fourth-order valence-electron chi connectivity index (χ4n) is 3.19. The van der Waals surface area contributed by atoms with E-state index in [-0.39, 0.29) is 5.78 Å². The predicted molar refractivity (Wildman–Crippen MR) is 86.8 cm³/mol. The Morgan fingerprint density at radius 1 is 0.955 bits per heavy atom. The first-order valence-electron chi connectivity index (χ1n) is 7.23. The third-order valence-corrected chi connectivity index (χ3v) is 4.27. The Kier molecular flexibility index (Phi) is 2.15. The summed E-state index contributed by atoms with van der Waals surface area (Å²) >= 11 is 0. The number of benzene rings is 2. The molecule has 2 aromatic carbocycles. The topological polar surface area (TPSA) is 43.1 Å². The quantitative estimate of drug-likeness (QED) is 0.466. The minimum atomic E-state index is 0.159. The van der Waals surface area contributed by atoms with Gasteiger partial charge in [-0.2, -0.15) is 0 Å². The van der Waals surface area contributed by atoms with Crippen LogP contribution >= 0.6 is 0 Å². The Morgan fingerprint density at radius 3 is 2.86 bits per heavy atom. The Balaban J connectivity index is 2.00. The van der Waals surface area contributed by atoms with Gasteiger partial charge in [0.1, 0.15) is 5.52 Å². The molecule has 1 aliphatic carbocycles. The van der Waals surface area contributed by atoms with Crippen LogP contribution in [0.25, 0.3) is 44.9 Å². The van der Waals surface area contributed by atoms with Gasteiger partial charge in [0, 0.05) is 17.9 Å². The summed E-state index contributed by atoms with van der Waals surface area (Å²) < 4.78 is 5.48. The van der Waals surface area contributed by atoms with Crippen molar-refractivity contribution >= 4 is 50.7 Å². The SMILES string of the molecule is O=C1C=c2cc3ccc4nc5ccoc5cc4c3cc2=CC1. The number of hydrogen-bond acceptors (Lipinski definition) is 3. The van der Waals surface area contributed by atoms with Crippen molar-refractivity contribution in [3.63, 3.8) is 0 Å². The summed E-state index contributed by atoms with van der Waals surface area (Å²) in [5, 5.41) is 5.43. The van der Waals surface area contributed by atoms with Crippen molar-refractivity contribution < 1.29 is 9.21 Å². The normalized spacial score (nSPS) is 14.1. The molecule has 0 saturated carbocycles. The van der Waals surface area contributed by atoms with Crippen LogP contribution in [0.1, 0.15) is 6.42 Å². The highest BCUT2D eigenvalue weighted by Gasteiger charge is 2.08. The zero-order chi connectivity index (χ0) is 14.7. The Hall–Kier alpha value is -2.94. The number of rotatable bonds is 0. The molecule has 0 saturated heterocycles. The van der Waals surface area contributed by atoms with E-state index in [2.05, 4.69) is 23.2 Å². The fraction of sp³-hybridized carbons (Fsp3) is 0.0526. The molecule has 0 N–H and O–H groups in total. The number of fused-ring (bicyclic) bond motifs is 5. The van der Waals surface area contributed by atoms with Gasteiger partial charge in [-0.05, 0) is 51.6 Å². The van der Waals surface area contributed by atoms with Crippen LogP contribution in [0.3, 0.4) is 0 Å². The first-order valence-corrected chi connectivity index (χ1v) is 7.23. The van der Waals surface area contributed by atoms with Crippen LogP contribution in [-0.2, 0) is 4.79 Å². The highest BCUT2D eigenvalue weighted by Crippen LogP contribution is 2.26. The van der Waals surface area contributed by atoms with E-state index in [1.165, 1.54) is 0 Å². The summed E-state index contributed by atoms with van der Waals surface area (Å²) in [6, 6.07) is 12.2. The van der Waals surface area contributed by atoms with Crippen LogP contribution < -0.4 is 10.4 Å². The van der Waals surface area contributed by atoms with Crippen LogP contribution in [0.5, 0.6) is 0 Å². The number of nitrogens with zero attached hydrogens (tertiary/aromatic N) is 1. The van der Waals surface area contributed by atoms with Crippen LogP contribution in [0.2, 0.25) is 0 Å². The molecule has 0 atom stereocenters. The maximum absolute atomic E-state index is 11.6. The number of hydrogen-bond donors (Lipinski definition) is 0. The first kappa shape index (κ1) is 11.7. The second-order valence-corrected chi connectivity index (χ2v) is 5.65. The van der Waals surface area contributed by atoms with Gasteiger partial charge in [0.05, 0.1) is 11.8 Å². The molecule has 5 rings (SSSR count). The Bertz CT molecular complexity index is 1220. The van der Waals surface area contributed by atoms with Crippen molar-refractivity contribution in [2.75, 3.05) is 0 Å². The fourth-order valence-corrected chi connectivity index (χ4v) is 3.19. The molecule has 0 bridgehead atoms. The number of Topliss-reactive ketones (excluding diaryl/α,β-unsaturated/α-hetero) is 1. The number of carbonyl (C=O) groups is 1. The van der Waals surface area contributed by atoms with E-state index < -0.39 is 0 Å². The molecule has 22 heavy (non-hydrogen) atoms. The largest absolute Gasteiger partial charge is 0.463 e. The standard InChI is InChI=1S/C19H11NO2/c21-14-3-1-11-9-15-12(7-13(11)8-14)2-4-17-16(15)10-19-18(20-17)5-6-22-19/h1-2,4-10H,3H2. The van der Waals surface area contributed by atoms with Crippen LogP contribution in [0, 0.1) is 0 Å². The van der Waals surface area contributed by atoms with Crippen molar-refractivity contribution in [2.24, 2.45) is 0 Å². The van der Waals surface area contributed by atoms with E-state index in [1.54, 1.807) is 12.3 Å². The van der Waals surface area contributed by atoms with Crippen molar-refractivity contribution in [3.8, 4) is 0 Å². The smallest absolute Gasteiger partial charge is 0.160 e. The van der Waals surface area contributed by atoms with Gasteiger partial charge >= 0.3 is 0 Å². The number of ketones is 1. The van der Waals surface area contributed by atoms with E-state index in [0.29, 0.717) is 6.42 Å². The Morgan fingerprint density at radius 2 is 1.91 bits per heavy atom. The van der Waals surface area contributed by atoms with Gasteiger partial charge in [-0.25, -0.2) is 4.98 Å². The molecule has 1 aliphatic rings. The van der Waals surface area contributed by atoms with Gasteiger partial charge < -0.3 is 4.42 Å². The molecule has 0 unspecified atom stereocenters. The monoisotopic (exact) mass is 285 g/mol. The zero-order valence-electron chi connectivity index (χ0n) is 11.7. The molecule has 0 fully saturated rings. The van der Waals surface area contributed by atoms with Crippen LogP contribution in [0.4, 0.5) is 0 Å². The Labute approximate surface area is 125 Å². The van der Waals surface area contributed by atoms with Crippen LogP contribution in [-0.4, -0.2) is 10.8 Å². The maximum atomic E-state index is 11.6. The predicted octanol–water partition coefficient (Wildman–Crippen LogP) is 2.67. The van der Waals surface area contributed by atoms with Crippen molar-refractivity contribution in [2.45, 2.75) is 6.42 Å². The average Bonchev–Trinajstić information content (AvgIpc) is 2.98. The van der Waals surface area contributed by atoms with Gasteiger partial charge in [0.25, 0.3) is 0 Å². The number of furan rings is 1. The summed E-state index contributed by atoms with van der Waals surface area (Å²) in [6.07, 6.45) is 5.86. The highest BCUT2D eigenvalue weighted by molar-refractivity contribution is 6.12. The van der Waals surface area contributed by atoms with Gasteiger partial charge in [-0.3, -0.25) is 4.79 Å². The van der Waals surface area contributed by atoms with Crippen LogP contribution in [0.15, 0.2) is 47.1 Å². The molecule has 2 aromatic heterocycles. The second-order valence-electron chi connectivity index (χ2n) is 5.65. The summed E-state index contributed by atoms with van der Waals surface area (Å²) in [5.41, 5.74) is 2.62. The highest BCUT2D eigenvalue weighted by atomic mass is 16.3. The molecule has 3 heteroatoms. The number of aromatic nitrogens is 1. The zero-order valence-corrected chi connectivity index (χ0v) is 11.7. The van der Waals surface area contributed by atoms with E-state index in [4.69, 9.17) is 4.42 Å². The lowest BCUT2D eigenvalue weighted by atomic mass is 9.99. The van der Waals surface area contributed by atoms with E-state index in [9.17, 15) is 4.79 Å². The van der Waals surface area contributed by atoms with E-state index in [1.807, 2.05) is 24.3 Å². The molecule has 0 amide bonds. The molecule has 0 aliphatic heterocycles.